The highest BCUT2D eigenvalue weighted by Gasteiger charge is 2.27. The van der Waals surface area contributed by atoms with E-state index in [2.05, 4.69) is 11.0 Å². The molecule has 1 atom stereocenters. The molecule has 0 unspecified atom stereocenters. The lowest BCUT2D eigenvalue weighted by Gasteiger charge is -2.32. The van der Waals surface area contributed by atoms with Crippen LogP contribution in [0.25, 0.3) is 10.9 Å². The van der Waals surface area contributed by atoms with Gasteiger partial charge in [-0.25, -0.2) is 4.98 Å². The van der Waals surface area contributed by atoms with E-state index in [0.717, 1.165) is 60.6 Å². The average Bonchev–Trinajstić information content (AvgIpc) is 3.49. The molecule has 9 heteroatoms. The lowest BCUT2D eigenvalue weighted by molar-refractivity contribution is 0.0507. The summed E-state index contributed by atoms with van der Waals surface area (Å²) in [5, 5.41) is 0.994. The van der Waals surface area contributed by atoms with Crippen molar-refractivity contribution in [2.75, 3.05) is 65.7 Å². The van der Waals surface area contributed by atoms with Crippen LogP contribution in [-0.4, -0.2) is 82.7 Å². The van der Waals surface area contributed by atoms with Crippen molar-refractivity contribution < 1.29 is 28.5 Å². The van der Waals surface area contributed by atoms with Gasteiger partial charge in [0.05, 0.1) is 46.2 Å². The number of methoxy groups -OCH3 is 3. The fraction of sp³-hybridized carbons (Fsp3) is 0.448. The maximum Gasteiger partial charge on any atom is 0.254 e. The first kappa shape index (κ1) is 26.1. The Bertz CT molecular complexity index is 1270. The van der Waals surface area contributed by atoms with Crippen LogP contribution in [0.1, 0.15) is 28.8 Å². The molecule has 9 nitrogen and oxygen atoms in total. The van der Waals surface area contributed by atoms with Gasteiger partial charge in [0, 0.05) is 55.4 Å². The molecule has 2 fully saturated rings. The predicted molar refractivity (Wildman–Crippen MR) is 145 cm³/mol. The van der Waals surface area contributed by atoms with Gasteiger partial charge in [0.1, 0.15) is 11.6 Å². The first-order valence-electron chi connectivity index (χ1n) is 13.0. The van der Waals surface area contributed by atoms with Gasteiger partial charge < -0.3 is 33.5 Å². The number of carbonyl (C=O) groups excluding carboxylic acids is 1. The zero-order chi connectivity index (χ0) is 26.5. The van der Waals surface area contributed by atoms with Crippen LogP contribution in [0.3, 0.4) is 0 Å². The summed E-state index contributed by atoms with van der Waals surface area (Å²) in [6, 6.07) is 13.3. The lowest BCUT2D eigenvalue weighted by Crippen LogP contribution is -2.40. The third-order valence-electron chi connectivity index (χ3n) is 7.12. The van der Waals surface area contributed by atoms with E-state index < -0.39 is 0 Å². The van der Waals surface area contributed by atoms with Gasteiger partial charge in [-0.1, -0.05) is 0 Å². The molecule has 1 amide bonds. The molecule has 38 heavy (non-hydrogen) atoms. The van der Waals surface area contributed by atoms with Gasteiger partial charge in [-0.3, -0.25) is 4.79 Å². The topological polar surface area (TPSA) is 82.6 Å². The van der Waals surface area contributed by atoms with Crippen molar-refractivity contribution in [3.63, 3.8) is 0 Å². The van der Waals surface area contributed by atoms with Gasteiger partial charge in [0.15, 0.2) is 11.5 Å². The van der Waals surface area contributed by atoms with Crippen LogP contribution in [0.5, 0.6) is 17.2 Å². The van der Waals surface area contributed by atoms with E-state index in [0.29, 0.717) is 43.4 Å². The van der Waals surface area contributed by atoms with Crippen molar-refractivity contribution in [2.24, 2.45) is 0 Å². The van der Waals surface area contributed by atoms with E-state index in [1.807, 2.05) is 23.1 Å². The molecule has 0 aliphatic carbocycles. The lowest BCUT2D eigenvalue weighted by atomic mass is 10.1. The van der Waals surface area contributed by atoms with Crippen molar-refractivity contribution in [3.8, 4) is 17.2 Å². The van der Waals surface area contributed by atoms with E-state index in [-0.39, 0.29) is 12.0 Å². The van der Waals surface area contributed by atoms with E-state index in [4.69, 9.17) is 28.7 Å². The number of nitrogens with zero attached hydrogens (tertiary/aromatic N) is 3. The third-order valence-corrected chi connectivity index (χ3v) is 7.12. The summed E-state index contributed by atoms with van der Waals surface area (Å²) in [4.78, 5) is 23.1. The molecular weight excluding hydrogens is 486 g/mol. The van der Waals surface area contributed by atoms with E-state index >= 15 is 0 Å². The number of carbonyl (C=O) groups is 1. The van der Waals surface area contributed by atoms with Crippen molar-refractivity contribution in [1.82, 2.24) is 9.88 Å². The Hall–Kier alpha value is -3.56. The average molecular weight is 522 g/mol. The fourth-order valence-corrected chi connectivity index (χ4v) is 5.08. The highest BCUT2D eigenvalue weighted by Crippen LogP contribution is 2.31. The van der Waals surface area contributed by atoms with Gasteiger partial charge in [-0.2, -0.15) is 0 Å². The summed E-state index contributed by atoms with van der Waals surface area (Å²) < 4.78 is 27.8. The number of morpholine rings is 1. The summed E-state index contributed by atoms with van der Waals surface area (Å²) in [5.41, 5.74) is 2.37. The fourth-order valence-electron chi connectivity index (χ4n) is 5.08. The number of ether oxygens (including phenoxy) is 5. The van der Waals surface area contributed by atoms with Crippen LogP contribution in [0.15, 0.2) is 42.5 Å². The number of hydrogen-bond acceptors (Lipinski definition) is 8. The molecule has 2 aliphatic rings. The Balaban J connectivity index is 1.53. The van der Waals surface area contributed by atoms with E-state index in [1.165, 1.54) is 0 Å². The molecular formula is C29H35N3O6. The smallest absolute Gasteiger partial charge is 0.254 e. The maximum absolute atomic E-state index is 13.9. The molecule has 0 bridgehead atoms. The minimum atomic E-state index is -0.0933. The standard InChI is InChI=1S/C29H35N3O6/c1-34-23-8-6-20-15-22(28(30-25(20)17-23)31-10-13-37-14-11-31)18-32(19-24-5-4-12-38-24)29(33)21-7-9-26(35-2)27(16-21)36-3/h6-9,15-17,24H,4-5,10-14,18-19H2,1-3H3/t24-/m1/s1. The van der Waals surface area contributed by atoms with Gasteiger partial charge in [0.25, 0.3) is 5.91 Å². The third kappa shape index (κ3) is 5.63. The Morgan fingerprint density at radius 3 is 2.53 bits per heavy atom. The SMILES string of the molecule is COc1ccc2cc(CN(C[C@H]3CCCO3)C(=O)c3ccc(OC)c(OC)c3)c(N3CCOCC3)nc2c1. The highest BCUT2D eigenvalue weighted by molar-refractivity contribution is 5.95. The molecule has 1 aromatic heterocycles. The first-order chi connectivity index (χ1) is 18.6. The van der Waals surface area contributed by atoms with E-state index in [9.17, 15) is 4.79 Å². The van der Waals surface area contributed by atoms with Crippen LogP contribution >= 0.6 is 0 Å². The largest absolute Gasteiger partial charge is 0.497 e. The summed E-state index contributed by atoms with van der Waals surface area (Å²) in [5.74, 6) is 2.63. The van der Waals surface area contributed by atoms with Crippen molar-refractivity contribution in [1.29, 1.82) is 0 Å². The number of anilines is 1. The van der Waals surface area contributed by atoms with Gasteiger partial charge in [0.2, 0.25) is 0 Å². The number of benzene rings is 2. The summed E-state index contributed by atoms with van der Waals surface area (Å²) in [6.07, 6.45) is 1.94. The van der Waals surface area contributed by atoms with Gasteiger partial charge in [-0.15, -0.1) is 0 Å². The second kappa shape index (κ2) is 11.9. The second-order valence-electron chi connectivity index (χ2n) is 9.52. The molecule has 3 aromatic rings. The number of amides is 1. The van der Waals surface area contributed by atoms with Crippen molar-refractivity contribution in [2.45, 2.75) is 25.5 Å². The van der Waals surface area contributed by atoms with Crippen LogP contribution < -0.4 is 19.1 Å². The molecule has 0 saturated carbocycles. The van der Waals surface area contributed by atoms with Gasteiger partial charge >= 0.3 is 0 Å². The second-order valence-corrected chi connectivity index (χ2v) is 9.52. The summed E-state index contributed by atoms with van der Waals surface area (Å²) in [7, 11) is 4.81. The Labute approximate surface area is 223 Å². The Morgan fingerprint density at radius 2 is 1.82 bits per heavy atom. The molecule has 0 spiro atoms. The van der Waals surface area contributed by atoms with Crippen LogP contribution in [0, 0.1) is 0 Å². The van der Waals surface area contributed by atoms with Crippen LogP contribution in [0.2, 0.25) is 0 Å². The van der Waals surface area contributed by atoms with Crippen molar-refractivity contribution in [3.05, 3.63) is 53.6 Å². The minimum absolute atomic E-state index is 0.00334. The Kier molecular flexibility index (Phi) is 8.14. The first-order valence-corrected chi connectivity index (χ1v) is 13.0. The molecule has 0 N–H and O–H groups in total. The van der Waals surface area contributed by atoms with Gasteiger partial charge in [-0.05, 0) is 49.2 Å². The predicted octanol–water partition coefficient (Wildman–Crippen LogP) is 3.92. The van der Waals surface area contributed by atoms with Crippen molar-refractivity contribution >= 4 is 22.6 Å². The normalized spacial score (nSPS) is 17.4. The molecule has 5 rings (SSSR count). The van der Waals surface area contributed by atoms with Crippen LogP contribution in [-0.2, 0) is 16.0 Å². The van der Waals surface area contributed by atoms with Crippen LogP contribution in [0.4, 0.5) is 5.82 Å². The number of fused-ring (bicyclic) bond motifs is 1. The Morgan fingerprint density at radius 1 is 1.00 bits per heavy atom. The summed E-state index contributed by atoms with van der Waals surface area (Å²) >= 11 is 0. The molecule has 2 saturated heterocycles. The summed E-state index contributed by atoms with van der Waals surface area (Å²) in [6.45, 7) is 4.38. The molecule has 2 aliphatic heterocycles. The quantitative estimate of drug-likeness (QED) is 0.419. The molecule has 2 aromatic carbocycles. The molecule has 3 heterocycles. The molecule has 0 radical (unpaired) electrons. The monoisotopic (exact) mass is 521 g/mol. The zero-order valence-electron chi connectivity index (χ0n) is 22.3. The maximum atomic E-state index is 13.9. The molecule has 202 valence electrons. The number of rotatable bonds is 9. The zero-order valence-corrected chi connectivity index (χ0v) is 22.3. The number of hydrogen-bond donors (Lipinski definition) is 0. The minimum Gasteiger partial charge on any atom is -0.497 e. The number of pyridine rings is 1. The number of aromatic nitrogens is 1. The van der Waals surface area contributed by atoms with E-state index in [1.54, 1.807) is 39.5 Å². The highest BCUT2D eigenvalue weighted by atomic mass is 16.5.